The number of ether oxygens (including phenoxy) is 3. The van der Waals surface area contributed by atoms with Crippen molar-refractivity contribution in [2.45, 2.75) is 76.5 Å². The highest BCUT2D eigenvalue weighted by atomic mass is 79.9. The van der Waals surface area contributed by atoms with E-state index in [0.29, 0.717) is 45.5 Å². The lowest BCUT2D eigenvalue weighted by molar-refractivity contribution is -0.144. The summed E-state index contributed by atoms with van der Waals surface area (Å²) in [6, 6.07) is 12.4. The van der Waals surface area contributed by atoms with E-state index in [2.05, 4.69) is 56.1 Å². The van der Waals surface area contributed by atoms with Crippen molar-refractivity contribution in [3.05, 3.63) is 56.5 Å². The molecular weight excluding hydrogens is 620 g/mol. The van der Waals surface area contributed by atoms with E-state index in [0.717, 1.165) is 45.3 Å². The molecule has 2 aromatic carbocycles. The molecule has 0 heterocycles. The summed E-state index contributed by atoms with van der Waals surface area (Å²) in [6.07, 6.45) is 7.39. The SMILES string of the molecule is CCOC(=O)CCCOc1cccc(CCCCCCSc2cc(Br)cc(Br)c2)c1CCC(=O)OCC. The number of benzene rings is 2. The molecule has 0 fully saturated rings. The summed E-state index contributed by atoms with van der Waals surface area (Å²) < 4.78 is 18.3. The van der Waals surface area contributed by atoms with Gasteiger partial charge in [0, 0.05) is 26.7 Å². The fraction of sp³-hybridized carbons (Fsp3) is 0.517. The van der Waals surface area contributed by atoms with Gasteiger partial charge in [-0.25, -0.2) is 0 Å². The van der Waals surface area contributed by atoms with Crippen LogP contribution in [-0.2, 0) is 31.9 Å². The summed E-state index contributed by atoms with van der Waals surface area (Å²) >= 11 is 8.98. The highest BCUT2D eigenvalue weighted by molar-refractivity contribution is 9.11. The Kier molecular flexibility index (Phi) is 16.0. The molecule has 0 aliphatic carbocycles. The molecule has 8 heteroatoms. The number of aryl methyl sites for hydroxylation is 1. The van der Waals surface area contributed by atoms with Crippen molar-refractivity contribution < 1.29 is 23.8 Å². The van der Waals surface area contributed by atoms with Crippen LogP contribution in [0, 0.1) is 0 Å². The van der Waals surface area contributed by atoms with Crippen LogP contribution in [0.4, 0.5) is 0 Å². The molecule has 0 unspecified atom stereocenters. The fourth-order valence-electron chi connectivity index (χ4n) is 3.93. The Labute approximate surface area is 242 Å². The Hall–Kier alpha value is -1.51. The van der Waals surface area contributed by atoms with Crippen molar-refractivity contribution in [3.63, 3.8) is 0 Å². The van der Waals surface area contributed by atoms with Crippen molar-refractivity contribution in [1.29, 1.82) is 0 Å². The van der Waals surface area contributed by atoms with Gasteiger partial charge in [-0.05, 0) is 87.1 Å². The molecule has 2 rings (SSSR count). The molecule has 0 aromatic heterocycles. The largest absolute Gasteiger partial charge is 0.493 e. The van der Waals surface area contributed by atoms with Crippen LogP contribution in [0.1, 0.15) is 69.9 Å². The number of hydrogen-bond acceptors (Lipinski definition) is 6. The standard InChI is InChI=1S/C29H38Br2O5S/c1-3-34-28(32)14-10-17-36-27-13-9-12-22(26(27)15-16-29(33)35-4-2)11-7-5-6-8-18-37-25-20-23(30)19-24(31)21-25/h9,12-13,19-21H,3-8,10-11,14-18H2,1-2H3. The van der Waals surface area contributed by atoms with Crippen molar-refractivity contribution in [2.75, 3.05) is 25.6 Å². The number of hydrogen-bond donors (Lipinski definition) is 0. The molecule has 2 aromatic rings. The topological polar surface area (TPSA) is 61.8 Å². The van der Waals surface area contributed by atoms with Gasteiger partial charge in [-0.2, -0.15) is 0 Å². The van der Waals surface area contributed by atoms with E-state index in [4.69, 9.17) is 14.2 Å². The first-order chi connectivity index (χ1) is 17.9. The van der Waals surface area contributed by atoms with Gasteiger partial charge in [0.25, 0.3) is 0 Å². The minimum absolute atomic E-state index is 0.194. The summed E-state index contributed by atoms with van der Waals surface area (Å²) in [7, 11) is 0. The number of carbonyl (C=O) groups is 2. The number of thioether (sulfide) groups is 1. The quantitative estimate of drug-likeness (QED) is 0.0913. The molecule has 0 saturated heterocycles. The zero-order valence-electron chi connectivity index (χ0n) is 21.9. The number of rotatable bonds is 18. The van der Waals surface area contributed by atoms with E-state index in [1.807, 2.05) is 30.8 Å². The highest BCUT2D eigenvalue weighted by Gasteiger charge is 2.13. The van der Waals surface area contributed by atoms with Gasteiger partial charge in [0.15, 0.2) is 0 Å². The Balaban J connectivity index is 1.84. The molecule has 0 radical (unpaired) electrons. The lowest BCUT2D eigenvalue weighted by Gasteiger charge is -2.16. The third-order valence-electron chi connectivity index (χ3n) is 5.65. The van der Waals surface area contributed by atoms with Crippen molar-refractivity contribution in [2.24, 2.45) is 0 Å². The van der Waals surface area contributed by atoms with Crippen molar-refractivity contribution >= 4 is 55.6 Å². The molecule has 0 atom stereocenters. The van der Waals surface area contributed by atoms with Gasteiger partial charge in [0.2, 0.25) is 0 Å². The Morgan fingerprint density at radius 1 is 0.811 bits per heavy atom. The predicted octanol–water partition coefficient (Wildman–Crippen LogP) is 8.32. The molecule has 0 amide bonds. The Morgan fingerprint density at radius 2 is 1.49 bits per heavy atom. The maximum Gasteiger partial charge on any atom is 0.306 e. The van der Waals surface area contributed by atoms with E-state index < -0.39 is 0 Å². The average molecular weight is 658 g/mol. The van der Waals surface area contributed by atoms with Crippen LogP contribution < -0.4 is 4.74 Å². The number of halogens is 2. The fourth-order valence-corrected chi connectivity index (χ4v) is 6.53. The first kappa shape index (κ1) is 31.7. The zero-order valence-corrected chi connectivity index (χ0v) is 25.9. The second kappa shape index (κ2) is 18.7. The number of carbonyl (C=O) groups excluding carboxylic acids is 2. The van der Waals surface area contributed by atoms with E-state index in [1.165, 1.54) is 23.3 Å². The van der Waals surface area contributed by atoms with E-state index >= 15 is 0 Å². The van der Waals surface area contributed by atoms with Gasteiger partial charge in [0.1, 0.15) is 5.75 Å². The van der Waals surface area contributed by atoms with Crippen LogP contribution in [0.15, 0.2) is 50.2 Å². The lowest BCUT2D eigenvalue weighted by Crippen LogP contribution is -2.10. The Morgan fingerprint density at radius 3 is 2.19 bits per heavy atom. The van der Waals surface area contributed by atoms with E-state index in [-0.39, 0.29) is 11.9 Å². The number of esters is 2. The average Bonchev–Trinajstić information content (AvgIpc) is 2.85. The Bertz CT molecular complexity index is 963. The highest BCUT2D eigenvalue weighted by Crippen LogP contribution is 2.29. The minimum atomic E-state index is -0.203. The van der Waals surface area contributed by atoms with Crippen LogP contribution in [0.3, 0.4) is 0 Å². The monoisotopic (exact) mass is 656 g/mol. The van der Waals surface area contributed by atoms with E-state index in [9.17, 15) is 9.59 Å². The second-order valence-corrected chi connectivity index (χ2v) is 11.6. The first-order valence-corrected chi connectivity index (χ1v) is 15.6. The predicted molar refractivity (Wildman–Crippen MR) is 157 cm³/mol. The van der Waals surface area contributed by atoms with Crippen LogP contribution in [0.25, 0.3) is 0 Å². The zero-order chi connectivity index (χ0) is 26.9. The molecule has 0 aliphatic heterocycles. The molecule has 0 aliphatic rings. The van der Waals surface area contributed by atoms with Gasteiger partial charge in [-0.1, -0.05) is 56.8 Å². The molecule has 0 N–H and O–H groups in total. The van der Waals surface area contributed by atoms with Crippen molar-refractivity contribution in [1.82, 2.24) is 0 Å². The third kappa shape index (κ3) is 13.2. The van der Waals surface area contributed by atoms with Gasteiger partial charge in [0.05, 0.1) is 19.8 Å². The smallest absolute Gasteiger partial charge is 0.306 e. The molecule has 37 heavy (non-hydrogen) atoms. The molecule has 5 nitrogen and oxygen atoms in total. The molecule has 204 valence electrons. The van der Waals surface area contributed by atoms with Crippen LogP contribution in [0.5, 0.6) is 5.75 Å². The van der Waals surface area contributed by atoms with Crippen LogP contribution in [-0.4, -0.2) is 37.5 Å². The number of unbranched alkanes of at least 4 members (excludes halogenated alkanes) is 3. The third-order valence-corrected chi connectivity index (χ3v) is 7.63. The van der Waals surface area contributed by atoms with E-state index in [1.54, 1.807) is 6.92 Å². The molecule has 0 spiro atoms. The summed E-state index contributed by atoms with van der Waals surface area (Å²) in [6.45, 7) is 4.83. The maximum absolute atomic E-state index is 12.0. The summed E-state index contributed by atoms with van der Waals surface area (Å²) in [5.74, 6) is 1.50. The van der Waals surface area contributed by atoms with Crippen LogP contribution in [0.2, 0.25) is 0 Å². The van der Waals surface area contributed by atoms with Gasteiger partial charge in [-0.15, -0.1) is 11.8 Å². The van der Waals surface area contributed by atoms with Gasteiger partial charge < -0.3 is 14.2 Å². The lowest BCUT2D eigenvalue weighted by atomic mass is 9.97. The summed E-state index contributed by atoms with van der Waals surface area (Å²) in [5.41, 5.74) is 2.29. The summed E-state index contributed by atoms with van der Waals surface area (Å²) in [5, 5.41) is 0. The van der Waals surface area contributed by atoms with Gasteiger partial charge in [-0.3, -0.25) is 9.59 Å². The molecule has 0 saturated carbocycles. The van der Waals surface area contributed by atoms with Crippen molar-refractivity contribution in [3.8, 4) is 5.75 Å². The molecular formula is C29H38Br2O5S. The van der Waals surface area contributed by atoms with Crippen LogP contribution >= 0.6 is 43.6 Å². The second-order valence-electron chi connectivity index (χ2n) is 8.57. The van der Waals surface area contributed by atoms with Gasteiger partial charge >= 0.3 is 11.9 Å². The minimum Gasteiger partial charge on any atom is -0.493 e. The first-order valence-electron chi connectivity index (χ1n) is 13.1. The normalized spacial score (nSPS) is 10.8. The maximum atomic E-state index is 12.0. The molecule has 0 bridgehead atoms. The summed E-state index contributed by atoms with van der Waals surface area (Å²) in [4.78, 5) is 24.9.